The van der Waals surface area contributed by atoms with Crippen LogP contribution in [0.15, 0.2) is 0 Å². The first-order valence-electron chi connectivity index (χ1n) is 3.95. The Kier molecular flexibility index (Phi) is 3.55. The smallest absolute Gasteiger partial charge is 0.0335 e. The number of rotatable bonds is 1. The van der Waals surface area contributed by atoms with Gasteiger partial charge >= 0.3 is 0 Å². The van der Waals surface area contributed by atoms with E-state index in [9.17, 15) is 0 Å². The van der Waals surface area contributed by atoms with Crippen LogP contribution in [0.4, 0.5) is 0 Å². The highest BCUT2D eigenvalue weighted by molar-refractivity contribution is 8.67. The van der Waals surface area contributed by atoms with Crippen LogP contribution < -0.4 is 0 Å². The standard InChI is InChI=1S/C7H16N2S2/c1-6-7(2)9(11-10)5-4-8(6)3/h6-7,10H,4-5H2,1-3H3/t6-,7+/m0/s1. The number of nitrogens with zero attached hydrogens (tertiary/aromatic N) is 2. The topological polar surface area (TPSA) is 6.48 Å². The van der Waals surface area contributed by atoms with Crippen molar-refractivity contribution in [2.75, 3.05) is 20.1 Å². The number of likely N-dealkylation sites (N-methyl/N-ethyl adjacent to an activating group) is 1. The van der Waals surface area contributed by atoms with Crippen molar-refractivity contribution in [1.29, 1.82) is 0 Å². The zero-order valence-corrected chi connectivity index (χ0v) is 9.03. The van der Waals surface area contributed by atoms with Gasteiger partial charge < -0.3 is 4.90 Å². The lowest BCUT2D eigenvalue weighted by molar-refractivity contribution is 0.118. The van der Waals surface area contributed by atoms with Gasteiger partial charge in [0.15, 0.2) is 0 Å². The Hall–Kier alpha value is 0.620. The highest BCUT2D eigenvalue weighted by atomic mass is 33.1. The Bertz CT molecular complexity index is 130. The van der Waals surface area contributed by atoms with Crippen LogP contribution in [0.1, 0.15) is 13.8 Å². The van der Waals surface area contributed by atoms with Gasteiger partial charge in [0, 0.05) is 25.2 Å². The molecule has 4 heteroatoms. The van der Waals surface area contributed by atoms with E-state index in [0.29, 0.717) is 12.1 Å². The average Bonchev–Trinajstić information content (AvgIpc) is 2.01. The second-order valence-corrected chi connectivity index (χ2v) is 4.31. The van der Waals surface area contributed by atoms with Crippen molar-refractivity contribution in [2.45, 2.75) is 25.9 Å². The van der Waals surface area contributed by atoms with E-state index in [4.69, 9.17) is 0 Å². The van der Waals surface area contributed by atoms with Crippen LogP contribution in [0.25, 0.3) is 0 Å². The lowest BCUT2D eigenvalue weighted by atomic mass is 10.1. The van der Waals surface area contributed by atoms with Crippen LogP contribution in [-0.4, -0.2) is 41.4 Å². The predicted molar refractivity (Wildman–Crippen MR) is 54.8 cm³/mol. The van der Waals surface area contributed by atoms with Crippen molar-refractivity contribution in [3.05, 3.63) is 0 Å². The summed E-state index contributed by atoms with van der Waals surface area (Å²) in [6.45, 7) is 6.79. The second kappa shape index (κ2) is 4.03. The van der Waals surface area contributed by atoms with Gasteiger partial charge in [-0.05, 0) is 31.9 Å². The summed E-state index contributed by atoms with van der Waals surface area (Å²) in [5, 5.41) is 0. The molecule has 0 saturated carbocycles. The number of piperazine rings is 1. The molecule has 1 saturated heterocycles. The first kappa shape index (κ1) is 9.71. The normalized spacial score (nSPS) is 36.0. The summed E-state index contributed by atoms with van der Waals surface area (Å²) in [4.78, 5) is 2.39. The van der Waals surface area contributed by atoms with Crippen molar-refractivity contribution >= 4 is 22.6 Å². The minimum atomic E-state index is 0.608. The van der Waals surface area contributed by atoms with E-state index in [0.717, 1.165) is 13.1 Å². The molecular formula is C7H16N2S2. The summed E-state index contributed by atoms with van der Waals surface area (Å²) < 4.78 is 2.33. The summed E-state index contributed by atoms with van der Waals surface area (Å²) in [7, 11) is 3.74. The first-order chi connectivity index (χ1) is 5.16. The molecule has 0 aromatic rings. The minimum absolute atomic E-state index is 0.608. The third kappa shape index (κ3) is 2.05. The van der Waals surface area contributed by atoms with Crippen molar-refractivity contribution in [3.8, 4) is 0 Å². The summed E-state index contributed by atoms with van der Waals surface area (Å²) in [5.74, 6) is 0. The van der Waals surface area contributed by atoms with Crippen LogP contribution in [0.2, 0.25) is 0 Å². The fourth-order valence-corrected chi connectivity index (χ4v) is 2.57. The maximum absolute atomic E-state index is 4.22. The van der Waals surface area contributed by atoms with E-state index in [-0.39, 0.29) is 0 Å². The molecule has 0 aliphatic carbocycles. The van der Waals surface area contributed by atoms with Gasteiger partial charge in [0.2, 0.25) is 0 Å². The Morgan fingerprint density at radius 2 is 1.91 bits per heavy atom. The number of thiol groups is 1. The molecule has 0 amide bonds. The van der Waals surface area contributed by atoms with Crippen molar-refractivity contribution in [3.63, 3.8) is 0 Å². The molecule has 0 unspecified atom stereocenters. The molecular weight excluding hydrogens is 176 g/mol. The molecule has 2 nitrogen and oxygen atoms in total. The molecule has 1 rings (SSSR count). The first-order valence-corrected chi connectivity index (χ1v) is 5.77. The summed E-state index contributed by atoms with van der Waals surface area (Å²) in [5.41, 5.74) is 0. The molecule has 2 atom stereocenters. The van der Waals surface area contributed by atoms with E-state index in [1.54, 1.807) is 11.0 Å². The lowest BCUT2D eigenvalue weighted by Gasteiger charge is -2.41. The Morgan fingerprint density at radius 3 is 2.45 bits per heavy atom. The average molecular weight is 192 g/mol. The SMILES string of the molecule is C[C@@H]1[C@H](C)N(C)CCN1SS. The second-order valence-electron chi connectivity index (χ2n) is 3.18. The fourth-order valence-electron chi connectivity index (χ4n) is 1.39. The zero-order chi connectivity index (χ0) is 8.43. The van der Waals surface area contributed by atoms with E-state index in [1.807, 2.05) is 0 Å². The fraction of sp³-hybridized carbons (Fsp3) is 1.00. The summed E-state index contributed by atoms with van der Waals surface area (Å²) >= 11 is 4.22. The van der Waals surface area contributed by atoms with E-state index >= 15 is 0 Å². The van der Waals surface area contributed by atoms with E-state index in [2.05, 4.69) is 41.8 Å². The zero-order valence-electron chi connectivity index (χ0n) is 7.32. The number of hydrogen-bond donors (Lipinski definition) is 1. The van der Waals surface area contributed by atoms with Gasteiger partial charge in [-0.25, -0.2) is 4.31 Å². The number of hydrogen-bond acceptors (Lipinski definition) is 4. The molecule has 1 fully saturated rings. The van der Waals surface area contributed by atoms with Gasteiger partial charge in [0.1, 0.15) is 0 Å². The Labute approximate surface area is 78.3 Å². The predicted octanol–water partition coefficient (Wildman–Crippen LogP) is 1.50. The van der Waals surface area contributed by atoms with Crippen LogP contribution in [-0.2, 0) is 0 Å². The molecule has 1 aliphatic rings. The molecule has 0 radical (unpaired) electrons. The van der Waals surface area contributed by atoms with Crippen molar-refractivity contribution in [1.82, 2.24) is 9.21 Å². The molecule has 0 aromatic heterocycles. The largest absolute Gasteiger partial charge is 0.301 e. The highest BCUT2D eigenvalue weighted by Gasteiger charge is 2.27. The lowest BCUT2D eigenvalue weighted by Crippen LogP contribution is -2.52. The monoisotopic (exact) mass is 192 g/mol. The van der Waals surface area contributed by atoms with Gasteiger partial charge in [0.25, 0.3) is 0 Å². The maximum atomic E-state index is 4.22. The Balaban J connectivity index is 2.52. The molecule has 1 aliphatic heterocycles. The molecule has 0 N–H and O–H groups in total. The van der Waals surface area contributed by atoms with Crippen LogP contribution in [0, 0.1) is 0 Å². The molecule has 1 heterocycles. The summed E-state index contributed by atoms with van der Waals surface area (Å²) in [6.07, 6.45) is 0. The van der Waals surface area contributed by atoms with Gasteiger partial charge in [-0.15, -0.1) is 0 Å². The molecule has 0 spiro atoms. The van der Waals surface area contributed by atoms with Gasteiger partial charge in [-0.2, -0.15) is 0 Å². The van der Waals surface area contributed by atoms with Crippen molar-refractivity contribution in [2.24, 2.45) is 0 Å². The summed E-state index contributed by atoms with van der Waals surface area (Å²) in [6, 6.07) is 1.25. The van der Waals surface area contributed by atoms with E-state index < -0.39 is 0 Å². The Morgan fingerprint density at radius 1 is 1.27 bits per heavy atom. The van der Waals surface area contributed by atoms with Crippen LogP contribution in [0.3, 0.4) is 0 Å². The van der Waals surface area contributed by atoms with Crippen molar-refractivity contribution < 1.29 is 0 Å². The quantitative estimate of drug-likeness (QED) is 0.382. The molecule has 66 valence electrons. The third-order valence-corrected chi connectivity index (χ3v) is 3.98. The molecule has 0 bridgehead atoms. The minimum Gasteiger partial charge on any atom is -0.301 e. The highest BCUT2D eigenvalue weighted by Crippen LogP contribution is 2.24. The molecule has 11 heavy (non-hydrogen) atoms. The van der Waals surface area contributed by atoms with Crippen LogP contribution in [0.5, 0.6) is 0 Å². The van der Waals surface area contributed by atoms with Crippen LogP contribution >= 0.6 is 22.6 Å². The van der Waals surface area contributed by atoms with Gasteiger partial charge in [-0.3, -0.25) is 0 Å². The van der Waals surface area contributed by atoms with E-state index in [1.165, 1.54) is 0 Å². The van der Waals surface area contributed by atoms with Gasteiger partial charge in [0.05, 0.1) is 0 Å². The maximum Gasteiger partial charge on any atom is 0.0335 e. The van der Waals surface area contributed by atoms with Gasteiger partial charge in [-0.1, -0.05) is 11.7 Å². The third-order valence-electron chi connectivity index (χ3n) is 2.63. The molecule has 0 aromatic carbocycles.